The predicted molar refractivity (Wildman–Crippen MR) is 110 cm³/mol. The van der Waals surface area contributed by atoms with Gasteiger partial charge in [0.25, 0.3) is 5.91 Å². The average Bonchev–Trinajstić information content (AvgIpc) is 3.08. The number of thiazole rings is 1. The number of aromatic nitrogens is 1. The second-order valence-electron chi connectivity index (χ2n) is 6.24. The highest BCUT2D eigenvalue weighted by atomic mass is 32.1. The molecule has 7 heteroatoms. The number of nitrogens with one attached hydrogen (secondary N) is 3. The first-order chi connectivity index (χ1) is 12.9. The van der Waals surface area contributed by atoms with Gasteiger partial charge in [-0.05, 0) is 56.2 Å². The van der Waals surface area contributed by atoms with E-state index in [9.17, 15) is 9.59 Å². The minimum absolute atomic E-state index is 0.254. The van der Waals surface area contributed by atoms with Crippen LogP contribution in [-0.2, 0) is 0 Å². The maximum atomic E-state index is 12.3. The molecule has 138 valence electrons. The summed E-state index contributed by atoms with van der Waals surface area (Å²) in [4.78, 5) is 28.6. The molecule has 1 aromatic heterocycles. The maximum absolute atomic E-state index is 12.3. The van der Waals surface area contributed by atoms with E-state index in [1.165, 1.54) is 11.3 Å². The molecule has 0 atom stereocenters. The number of amides is 3. The molecule has 0 saturated heterocycles. The summed E-state index contributed by atoms with van der Waals surface area (Å²) in [6, 6.07) is 12.8. The molecule has 0 aliphatic carbocycles. The van der Waals surface area contributed by atoms with Gasteiger partial charge in [-0.1, -0.05) is 23.8 Å². The van der Waals surface area contributed by atoms with Crippen molar-refractivity contribution in [2.24, 2.45) is 0 Å². The molecule has 0 saturated carbocycles. The summed E-state index contributed by atoms with van der Waals surface area (Å²) in [7, 11) is 0. The first-order valence-corrected chi connectivity index (χ1v) is 9.27. The van der Waals surface area contributed by atoms with Crippen molar-refractivity contribution < 1.29 is 9.59 Å². The Hall–Kier alpha value is -3.19. The number of nitrogens with zero attached hydrogens (tertiary/aromatic N) is 1. The maximum Gasteiger partial charge on any atom is 0.325 e. The van der Waals surface area contributed by atoms with E-state index in [0.29, 0.717) is 16.5 Å². The van der Waals surface area contributed by atoms with E-state index in [1.807, 2.05) is 63.2 Å². The molecule has 3 aromatic rings. The Kier molecular flexibility index (Phi) is 5.52. The van der Waals surface area contributed by atoms with Crippen LogP contribution in [0.1, 0.15) is 27.2 Å². The molecule has 3 N–H and O–H groups in total. The number of aryl methyl sites for hydroxylation is 3. The summed E-state index contributed by atoms with van der Waals surface area (Å²) in [6.45, 7) is 5.98. The highest BCUT2D eigenvalue weighted by Crippen LogP contribution is 2.19. The van der Waals surface area contributed by atoms with Crippen LogP contribution in [-0.4, -0.2) is 16.9 Å². The van der Waals surface area contributed by atoms with Gasteiger partial charge in [-0.3, -0.25) is 10.1 Å². The fourth-order valence-electron chi connectivity index (χ4n) is 2.35. The fraction of sp³-hybridized carbons (Fsp3) is 0.150. The van der Waals surface area contributed by atoms with Gasteiger partial charge in [0, 0.05) is 16.8 Å². The molecule has 0 bridgehead atoms. The molecule has 27 heavy (non-hydrogen) atoms. The van der Waals surface area contributed by atoms with E-state index < -0.39 is 6.03 Å². The molecule has 3 amide bonds. The largest absolute Gasteiger partial charge is 0.325 e. The lowest BCUT2D eigenvalue weighted by molar-refractivity contribution is 0.102. The summed E-state index contributed by atoms with van der Waals surface area (Å²) < 4.78 is 0. The standard InChI is InChI=1S/C20H20N4O2S/c1-12-4-7-15(8-5-12)22-19(26)24-20-23-17(11-27-20)18(25)21-16-9-6-13(2)14(3)10-16/h4-11H,1-3H3,(H,21,25)(H2,22,23,24,26). The molecule has 2 aromatic carbocycles. The van der Waals surface area contributed by atoms with Crippen LogP contribution in [0, 0.1) is 20.8 Å². The number of carbonyl (C=O) groups is 2. The van der Waals surface area contributed by atoms with Crippen molar-refractivity contribution in [2.45, 2.75) is 20.8 Å². The lowest BCUT2D eigenvalue weighted by Crippen LogP contribution is -2.19. The smallest absolute Gasteiger partial charge is 0.321 e. The van der Waals surface area contributed by atoms with Crippen molar-refractivity contribution in [3.8, 4) is 0 Å². The van der Waals surface area contributed by atoms with Gasteiger partial charge in [0.15, 0.2) is 5.13 Å². The molecular weight excluding hydrogens is 360 g/mol. The zero-order valence-corrected chi connectivity index (χ0v) is 16.1. The Bertz CT molecular complexity index is 980. The second-order valence-corrected chi connectivity index (χ2v) is 7.09. The Balaban J connectivity index is 1.60. The Morgan fingerprint density at radius 3 is 2.26 bits per heavy atom. The van der Waals surface area contributed by atoms with Crippen molar-refractivity contribution in [1.29, 1.82) is 0 Å². The number of anilines is 3. The summed E-state index contributed by atoms with van der Waals surface area (Å²) >= 11 is 1.19. The van der Waals surface area contributed by atoms with Crippen LogP contribution >= 0.6 is 11.3 Å². The van der Waals surface area contributed by atoms with Gasteiger partial charge in [0.2, 0.25) is 0 Å². The van der Waals surface area contributed by atoms with E-state index in [4.69, 9.17) is 0 Å². The molecule has 0 radical (unpaired) electrons. The lowest BCUT2D eigenvalue weighted by atomic mass is 10.1. The van der Waals surface area contributed by atoms with Crippen molar-refractivity contribution in [1.82, 2.24) is 4.98 Å². The van der Waals surface area contributed by atoms with Gasteiger partial charge in [-0.25, -0.2) is 9.78 Å². The van der Waals surface area contributed by atoms with Gasteiger partial charge in [0.05, 0.1) is 0 Å². The van der Waals surface area contributed by atoms with E-state index in [1.54, 1.807) is 5.38 Å². The van der Waals surface area contributed by atoms with Crippen LogP contribution in [0.4, 0.5) is 21.3 Å². The normalized spacial score (nSPS) is 10.3. The van der Waals surface area contributed by atoms with Crippen LogP contribution < -0.4 is 16.0 Å². The number of hydrogen-bond acceptors (Lipinski definition) is 4. The molecule has 0 aliphatic rings. The first kappa shape index (κ1) is 18.6. The summed E-state index contributed by atoms with van der Waals surface area (Å²) in [6.07, 6.45) is 0. The molecule has 6 nitrogen and oxygen atoms in total. The zero-order valence-electron chi connectivity index (χ0n) is 15.3. The Labute approximate surface area is 161 Å². The third-order valence-electron chi connectivity index (χ3n) is 4.03. The van der Waals surface area contributed by atoms with E-state index in [0.717, 1.165) is 16.7 Å². The van der Waals surface area contributed by atoms with Gasteiger partial charge < -0.3 is 10.6 Å². The SMILES string of the molecule is Cc1ccc(NC(=O)Nc2nc(C(=O)Nc3ccc(C)c(C)c3)cs2)cc1. The van der Waals surface area contributed by atoms with Gasteiger partial charge >= 0.3 is 6.03 Å². The lowest BCUT2D eigenvalue weighted by Gasteiger charge is -2.06. The highest BCUT2D eigenvalue weighted by Gasteiger charge is 2.13. The molecule has 0 spiro atoms. The average molecular weight is 380 g/mol. The van der Waals surface area contributed by atoms with Crippen LogP contribution in [0.2, 0.25) is 0 Å². The minimum Gasteiger partial charge on any atom is -0.321 e. The molecule has 0 fully saturated rings. The predicted octanol–water partition coefficient (Wildman–Crippen LogP) is 4.96. The monoisotopic (exact) mass is 380 g/mol. The third kappa shape index (κ3) is 4.92. The van der Waals surface area contributed by atoms with E-state index in [-0.39, 0.29) is 11.6 Å². The van der Waals surface area contributed by atoms with Crippen LogP contribution in [0.3, 0.4) is 0 Å². The number of hydrogen-bond donors (Lipinski definition) is 3. The molecule has 3 rings (SSSR count). The van der Waals surface area contributed by atoms with Crippen LogP contribution in [0.25, 0.3) is 0 Å². The Morgan fingerprint density at radius 1 is 0.852 bits per heavy atom. The quantitative estimate of drug-likeness (QED) is 0.598. The van der Waals surface area contributed by atoms with Crippen molar-refractivity contribution in [2.75, 3.05) is 16.0 Å². The highest BCUT2D eigenvalue weighted by molar-refractivity contribution is 7.14. The molecule has 0 unspecified atom stereocenters. The van der Waals surface area contributed by atoms with Gasteiger partial charge in [0.1, 0.15) is 5.69 Å². The van der Waals surface area contributed by atoms with Gasteiger partial charge in [-0.15, -0.1) is 11.3 Å². The summed E-state index contributed by atoms with van der Waals surface area (Å²) in [5.74, 6) is -0.318. The van der Waals surface area contributed by atoms with Crippen LogP contribution in [0.15, 0.2) is 47.8 Å². The van der Waals surface area contributed by atoms with E-state index in [2.05, 4.69) is 20.9 Å². The Morgan fingerprint density at radius 2 is 1.56 bits per heavy atom. The van der Waals surface area contributed by atoms with E-state index >= 15 is 0 Å². The second kappa shape index (κ2) is 8.01. The number of urea groups is 1. The number of benzene rings is 2. The van der Waals surface area contributed by atoms with Crippen molar-refractivity contribution in [3.63, 3.8) is 0 Å². The zero-order chi connectivity index (χ0) is 19.4. The van der Waals surface area contributed by atoms with Crippen LogP contribution in [0.5, 0.6) is 0 Å². The first-order valence-electron chi connectivity index (χ1n) is 8.39. The summed E-state index contributed by atoms with van der Waals surface area (Å²) in [5.41, 5.74) is 5.02. The van der Waals surface area contributed by atoms with Gasteiger partial charge in [-0.2, -0.15) is 0 Å². The van der Waals surface area contributed by atoms with Crippen molar-refractivity contribution in [3.05, 3.63) is 70.2 Å². The number of rotatable bonds is 4. The summed E-state index contributed by atoms with van der Waals surface area (Å²) in [5, 5.41) is 10.1. The molecule has 1 heterocycles. The number of carbonyl (C=O) groups excluding carboxylic acids is 2. The topological polar surface area (TPSA) is 83.1 Å². The third-order valence-corrected chi connectivity index (χ3v) is 4.79. The molecule has 0 aliphatic heterocycles. The fourth-order valence-corrected chi connectivity index (χ4v) is 3.03. The minimum atomic E-state index is -0.408. The molecular formula is C20H20N4O2S. The van der Waals surface area contributed by atoms with Crippen molar-refractivity contribution >= 4 is 39.8 Å².